The Bertz CT molecular complexity index is 1340. The van der Waals surface area contributed by atoms with Crippen LogP contribution in [0.1, 0.15) is 97.7 Å². The number of ketones is 1. The van der Waals surface area contributed by atoms with Crippen molar-refractivity contribution in [3.05, 3.63) is 58.8 Å². The molecule has 7 heteroatoms. The monoisotopic (exact) mass is 526 g/mol. The number of piperazine rings is 1. The highest BCUT2D eigenvalue weighted by Gasteiger charge is 2.54. The quantitative estimate of drug-likeness (QED) is 0.574. The summed E-state index contributed by atoms with van der Waals surface area (Å²) in [7, 11) is 0. The van der Waals surface area contributed by atoms with E-state index in [9.17, 15) is 14.4 Å². The van der Waals surface area contributed by atoms with Gasteiger partial charge in [0.15, 0.2) is 5.78 Å². The predicted octanol–water partition coefficient (Wildman–Crippen LogP) is 4.48. The number of nitrogens with zero attached hydrogens (tertiary/aromatic N) is 2. The van der Waals surface area contributed by atoms with Gasteiger partial charge in [-0.05, 0) is 61.8 Å². The molecule has 0 unspecified atom stereocenters. The number of pyridine rings is 1. The van der Waals surface area contributed by atoms with E-state index in [1.165, 1.54) is 12.8 Å². The Morgan fingerprint density at radius 2 is 1.67 bits per heavy atom. The number of benzene rings is 1. The number of fused-ring (bicyclic) bond motifs is 3. The lowest BCUT2D eigenvalue weighted by Crippen LogP contribution is -2.72. The van der Waals surface area contributed by atoms with Gasteiger partial charge >= 0.3 is 0 Å². The number of nitrogens with one attached hydrogen (secondary N) is 2. The Morgan fingerprint density at radius 3 is 2.46 bits per heavy atom. The van der Waals surface area contributed by atoms with E-state index < -0.39 is 11.0 Å². The summed E-state index contributed by atoms with van der Waals surface area (Å²) >= 11 is 0. The van der Waals surface area contributed by atoms with Gasteiger partial charge in [-0.2, -0.15) is 0 Å². The summed E-state index contributed by atoms with van der Waals surface area (Å²) < 4.78 is 0. The minimum absolute atomic E-state index is 0.00737. The summed E-state index contributed by atoms with van der Waals surface area (Å²) in [6, 6.07) is 9.80. The lowest BCUT2D eigenvalue weighted by Gasteiger charge is -2.53. The van der Waals surface area contributed by atoms with Crippen molar-refractivity contribution >= 4 is 23.4 Å². The highest BCUT2D eigenvalue weighted by atomic mass is 16.2. The van der Waals surface area contributed by atoms with Crippen LogP contribution in [0.25, 0.3) is 0 Å². The number of Topliss-reactive ketones (excluding diaryl/α,β-unsaturated/α-hetero) is 1. The molecule has 1 aromatic heterocycles. The first-order valence-corrected chi connectivity index (χ1v) is 14.9. The van der Waals surface area contributed by atoms with Gasteiger partial charge in [0.05, 0.1) is 16.5 Å². The fourth-order valence-corrected chi connectivity index (χ4v) is 8.32. The van der Waals surface area contributed by atoms with Crippen molar-refractivity contribution in [3.8, 4) is 0 Å². The third-order valence-corrected chi connectivity index (χ3v) is 10.5. The molecular formula is C32H38N4O3. The van der Waals surface area contributed by atoms with E-state index in [4.69, 9.17) is 0 Å². The van der Waals surface area contributed by atoms with Crippen LogP contribution >= 0.6 is 0 Å². The highest BCUT2D eigenvalue weighted by molar-refractivity contribution is 6.06. The molecule has 2 amide bonds. The number of hydrogen-bond donors (Lipinski definition) is 2. The second kappa shape index (κ2) is 9.26. The number of carbonyl (C=O) groups excluding carboxylic acids is 3. The second-order valence-corrected chi connectivity index (χ2v) is 12.7. The van der Waals surface area contributed by atoms with Crippen molar-refractivity contribution in [1.82, 2.24) is 15.2 Å². The Labute approximate surface area is 230 Å². The molecule has 2 aromatic rings. The van der Waals surface area contributed by atoms with Crippen LogP contribution in [-0.4, -0.2) is 51.6 Å². The molecule has 3 spiro atoms. The summed E-state index contributed by atoms with van der Waals surface area (Å²) in [5.74, 6) is 0.954. The maximum atomic E-state index is 14.0. The normalized spacial score (nSPS) is 26.6. The maximum absolute atomic E-state index is 14.0. The highest BCUT2D eigenvalue weighted by Crippen LogP contribution is 2.47. The largest absolute Gasteiger partial charge is 0.334 e. The molecule has 39 heavy (non-hydrogen) atoms. The molecule has 204 valence electrons. The van der Waals surface area contributed by atoms with Crippen LogP contribution in [0.2, 0.25) is 0 Å². The Morgan fingerprint density at radius 1 is 0.923 bits per heavy atom. The second-order valence-electron chi connectivity index (χ2n) is 12.7. The smallest absolute Gasteiger partial charge is 0.243 e. The summed E-state index contributed by atoms with van der Waals surface area (Å²) in [5, 5.41) is 6.69. The number of rotatable bonds is 4. The Hall–Kier alpha value is -3.06. The van der Waals surface area contributed by atoms with Crippen LogP contribution in [0.15, 0.2) is 36.5 Å². The minimum Gasteiger partial charge on any atom is -0.334 e. The van der Waals surface area contributed by atoms with Gasteiger partial charge in [-0.1, -0.05) is 56.7 Å². The Balaban J connectivity index is 1.11. The third kappa shape index (κ3) is 3.87. The van der Waals surface area contributed by atoms with Crippen LogP contribution in [0.4, 0.5) is 5.82 Å². The molecule has 3 fully saturated rings. The van der Waals surface area contributed by atoms with Gasteiger partial charge in [-0.15, -0.1) is 0 Å². The van der Waals surface area contributed by atoms with Gasteiger partial charge in [-0.25, -0.2) is 4.98 Å². The van der Waals surface area contributed by atoms with E-state index in [1.807, 2.05) is 30.3 Å². The zero-order chi connectivity index (χ0) is 26.7. The van der Waals surface area contributed by atoms with Crippen LogP contribution in [0.3, 0.4) is 0 Å². The average molecular weight is 527 g/mol. The van der Waals surface area contributed by atoms with Crippen LogP contribution < -0.4 is 10.6 Å². The van der Waals surface area contributed by atoms with E-state index in [0.717, 1.165) is 74.6 Å². The number of hydrogen-bond acceptors (Lipinski definition) is 5. The third-order valence-electron chi connectivity index (χ3n) is 10.5. The summed E-state index contributed by atoms with van der Waals surface area (Å²) in [5.41, 5.74) is 2.60. The molecule has 7 rings (SSSR count). The summed E-state index contributed by atoms with van der Waals surface area (Å²) in [6.07, 6.45) is 14.0. The van der Waals surface area contributed by atoms with E-state index in [0.29, 0.717) is 37.2 Å². The van der Waals surface area contributed by atoms with Gasteiger partial charge in [-0.3, -0.25) is 14.4 Å². The molecule has 2 saturated carbocycles. The first-order valence-electron chi connectivity index (χ1n) is 14.9. The number of aromatic nitrogens is 1. The molecule has 0 bridgehead atoms. The van der Waals surface area contributed by atoms with Crippen molar-refractivity contribution < 1.29 is 14.4 Å². The van der Waals surface area contributed by atoms with Crippen molar-refractivity contribution in [3.63, 3.8) is 0 Å². The topological polar surface area (TPSA) is 91.4 Å². The minimum atomic E-state index is -0.637. The van der Waals surface area contributed by atoms with E-state index in [2.05, 4.69) is 20.5 Å². The van der Waals surface area contributed by atoms with Crippen LogP contribution in [0.5, 0.6) is 0 Å². The number of carbonyl (C=O) groups is 3. The molecule has 1 aromatic carbocycles. The zero-order valence-electron chi connectivity index (χ0n) is 22.7. The van der Waals surface area contributed by atoms with Gasteiger partial charge in [0.1, 0.15) is 5.82 Å². The Kier molecular flexibility index (Phi) is 5.92. The molecular weight excluding hydrogens is 488 g/mol. The molecule has 2 N–H and O–H groups in total. The fraction of sp³-hybridized carbons (Fsp3) is 0.562. The van der Waals surface area contributed by atoms with Gasteiger partial charge in [0.25, 0.3) is 0 Å². The lowest BCUT2D eigenvalue weighted by atomic mass is 9.79. The number of anilines is 1. The van der Waals surface area contributed by atoms with Crippen molar-refractivity contribution in [2.45, 2.75) is 100.0 Å². The van der Waals surface area contributed by atoms with Gasteiger partial charge < -0.3 is 15.5 Å². The molecule has 3 aliphatic carbocycles. The van der Waals surface area contributed by atoms with Crippen molar-refractivity contribution in [2.24, 2.45) is 0 Å². The molecule has 3 heterocycles. The van der Waals surface area contributed by atoms with Crippen molar-refractivity contribution in [2.75, 3.05) is 18.4 Å². The molecule has 1 atom stereocenters. The molecule has 1 saturated heterocycles. The van der Waals surface area contributed by atoms with Crippen LogP contribution in [0, 0.1) is 0 Å². The van der Waals surface area contributed by atoms with Crippen molar-refractivity contribution in [1.29, 1.82) is 0 Å². The molecule has 5 aliphatic rings. The van der Waals surface area contributed by atoms with Gasteiger partial charge in [0.2, 0.25) is 11.8 Å². The predicted molar refractivity (Wildman–Crippen MR) is 149 cm³/mol. The lowest BCUT2D eigenvalue weighted by molar-refractivity contribution is -0.151. The molecule has 0 radical (unpaired) electrons. The SMILES string of the molecule is O=C(CCN1C(=O)C2(CCCC2)NCC12CCCCCC2)c1ccc2c(c1)C[C@@]1(C2)C(=O)Nc2ncccc21. The van der Waals surface area contributed by atoms with Gasteiger partial charge in [0, 0.05) is 36.8 Å². The standard InChI is InChI=1S/C32H38N4O3/c37-26(11-17-36-29(39)32(14-5-6-15-32)34-21-30(36)12-3-1-2-4-13-30)22-9-10-23-19-31(20-24(23)18-22)25-8-7-16-33-27(25)35-28(31)38/h7-10,16,18,34H,1-6,11-15,17,19-21H2,(H,33,35,38)/t31-/m1/s1. The zero-order valence-corrected chi connectivity index (χ0v) is 22.7. The average Bonchev–Trinajstić information content (AvgIpc) is 3.59. The van der Waals surface area contributed by atoms with Crippen LogP contribution in [-0.2, 0) is 27.8 Å². The van der Waals surface area contributed by atoms with E-state index in [1.54, 1.807) is 6.20 Å². The number of amides is 2. The first-order chi connectivity index (χ1) is 18.9. The van der Waals surface area contributed by atoms with E-state index in [-0.39, 0.29) is 23.1 Å². The maximum Gasteiger partial charge on any atom is 0.243 e. The molecule has 7 nitrogen and oxygen atoms in total. The molecule has 2 aliphatic heterocycles. The fourth-order valence-electron chi connectivity index (χ4n) is 8.32. The van der Waals surface area contributed by atoms with E-state index >= 15 is 0 Å². The summed E-state index contributed by atoms with van der Waals surface area (Å²) in [4.78, 5) is 47.2. The first kappa shape index (κ1) is 24.9. The summed E-state index contributed by atoms with van der Waals surface area (Å²) in [6.45, 7) is 1.34.